The Balaban J connectivity index is 2.19. The quantitative estimate of drug-likeness (QED) is 0.907. The summed E-state index contributed by atoms with van der Waals surface area (Å²) in [6.07, 6.45) is 0.563. The number of nitrogens with one attached hydrogen (secondary N) is 1. The van der Waals surface area contributed by atoms with Crippen LogP contribution in [0.25, 0.3) is 0 Å². The third-order valence-corrected chi connectivity index (χ3v) is 3.95. The molecule has 2 rings (SSSR count). The molecular weight excluding hydrogens is 302 g/mol. The molecule has 0 bridgehead atoms. The van der Waals surface area contributed by atoms with Gasteiger partial charge >= 0.3 is 0 Å². The van der Waals surface area contributed by atoms with Crippen LogP contribution in [0.5, 0.6) is 0 Å². The summed E-state index contributed by atoms with van der Waals surface area (Å²) in [5.41, 5.74) is 1.68. The molecule has 2 aromatic rings. The maximum Gasteiger partial charge on any atom is 0.228 e. The summed E-state index contributed by atoms with van der Waals surface area (Å²) in [5.74, 6) is -1.38. The predicted octanol–water partition coefficient (Wildman–Crippen LogP) is 3.94. The van der Waals surface area contributed by atoms with Gasteiger partial charge in [0.25, 0.3) is 0 Å². The minimum absolute atomic E-state index is 0.238. The fraction of sp³-hybridized carbons (Fsp3) is 0.412. The number of benzene rings is 1. The van der Waals surface area contributed by atoms with E-state index in [-0.39, 0.29) is 11.5 Å². The third-order valence-electron chi connectivity index (χ3n) is 3.95. The van der Waals surface area contributed by atoms with Crippen molar-refractivity contribution >= 4 is 5.91 Å². The van der Waals surface area contributed by atoms with Gasteiger partial charge in [-0.2, -0.15) is 0 Å². The number of rotatable bonds is 5. The van der Waals surface area contributed by atoms with E-state index >= 15 is 0 Å². The van der Waals surface area contributed by atoms with Gasteiger partial charge in [0, 0.05) is 17.2 Å². The molecule has 0 unspecified atom stereocenters. The highest BCUT2D eigenvalue weighted by Crippen LogP contribution is 2.27. The van der Waals surface area contributed by atoms with Crippen LogP contribution in [0, 0.1) is 25.5 Å². The number of hydrogen-bond acceptors (Lipinski definition) is 3. The fourth-order valence-electron chi connectivity index (χ4n) is 2.75. The van der Waals surface area contributed by atoms with Crippen molar-refractivity contribution in [3.63, 3.8) is 0 Å². The van der Waals surface area contributed by atoms with Gasteiger partial charge in [0.2, 0.25) is 5.91 Å². The molecule has 1 N–H and O–H groups in total. The molecule has 0 aliphatic rings. The van der Waals surface area contributed by atoms with E-state index in [0.717, 1.165) is 11.6 Å². The lowest BCUT2D eigenvalue weighted by Gasteiger charge is -2.20. The molecule has 0 aliphatic carbocycles. The molecule has 0 saturated carbocycles. The Hall–Kier alpha value is -2.24. The van der Waals surface area contributed by atoms with Gasteiger partial charge in [-0.25, -0.2) is 8.78 Å². The second-order valence-electron chi connectivity index (χ2n) is 5.59. The van der Waals surface area contributed by atoms with Crippen LogP contribution in [0.4, 0.5) is 8.78 Å². The molecule has 1 amide bonds. The van der Waals surface area contributed by atoms with E-state index in [4.69, 9.17) is 4.52 Å². The van der Waals surface area contributed by atoms with Crippen molar-refractivity contribution in [3.8, 4) is 0 Å². The van der Waals surface area contributed by atoms with Crippen molar-refractivity contribution in [1.29, 1.82) is 0 Å². The first kappa shape index (κ1) is 17.1. The van der Waals surface area contributed by atoms with Crippen molar-refractivity contribution in [2.24, 2.45) is 0 Å². The second kappa shape index (κ2) is 6.89. The molecule has 0 spiro atoms. The van der Waals surface area contributed by atoms with Crippen molar-refractivity contribution in [2.75, 3.05) is 0 Å². The minimum atomic E-state index is -0.678. The van der Waals surface area contributed by atoms with E-state index < -0.39 is 23.6 Å². The average Bonchev–Trinajstić information content (AvgIpc) is 2.80. The van der Waals surface area contributed by atoms with E-state index in [9.17, 15) is 13.6 Å². The predicted molar refractivity (Wildman–Crippen MR) is 81.9 cm³/mol. The normalized spacial score (nSPS) is 13.7. The monoisotopic (exact) mass is 322 g/mol. The van der Waals surface area contributed by atoms with Gasteiger partial charge in [0.05, 0.1) is 17.7 Å². The molecule has 0 fully saturated rings. The van der Waals surface area contributed by atoms with Crippen molar-refractivity contribution in [3.05, 3.63) is 52.4 Å². The maximum absolute atomic E-state index is 13.8. The fourth-order valence-corrected chi connectivity index (χ4v) is 2.75. The Morgan fingerprint density at radius 2 is 2.04 bits per heavy atom. The van der Waals surface area contributed by atoms with Gasteiger partial charge in [-0.3, -0.25) is 4.79 Å². The number of aryl methyl sites for hydroxylation is 2. The highest BCUT2D eigenvalue weighted by atomic mass is 19.1. The van der Waals surface area contributed by atoms with Gasteiger partial charge in [-0.1, -0.05) is 18.1 Å². The van der Waals surface area contributed by atoms with E-state index in [1.54, 1.807) is 20.8 Å². The van der Waals surface area contributed by atoms with E-state index in [1.165, 1.54) is 12.1 Å². The summed E-state index contributed by atoms with van der Waals surface area (Å²) in [6, 6.07) is 2.75. The Kier molecular flexibility index (Phi) is 5.13. The largest absolute Gasteiger partial charge is 0.361 e. The number of carbonyl (C=O) groups is 1. The van der Waals surface area contributed by atoms with Crippen LogP contribution in [0.1, 0.15) is 54.8 Å². The summed E-state index contributed by atoms with van der Waals surface area (Å²) >= 11 is 0. The Morgan fingerprint density at radius 3 is 2.57 bits per heavy atom. The van der Waals surface area contributed by atoms with E-state index in [2.05, 4.69) is 10.5 Å². The van der Waals surface area contributed by atoms with Crippen molar-refractivity contribution in [1.82, 2.24) is 10.5 Å². The number of carbonyl (C=O) groups excluding carboxylic acids is 1. The summed E-state index contributed by atoms with van der Waals surface area (Å²) in [7, 11) is 0. The first-order valence-electron chi connectivity index (χ1n) is 7.53. The number of nitrogens with zero attached hydrogens (tertiary/aromatic N) is 1. The van der Waals surface area contributed by atoms with Crippen LogP contribution in [-0.2, 0) is 4.79 Å². The van der Waals surface area contributed by atoms with Gasteiger partial charge < -0.3 is 9.84 Å². The molecule has 1 heterocycles. The van der Waals surface area contributed by atoms with E-state index in [0.29, 0.717) is 17.9 Å². The lowest BCUT2D eigenvalue weighted by atomic mass is 9.93. The highest BCUT2D eigenvalue weighted by Gasteiger charge is 2.27. The average molecular weight is 322 g/mol. The van der Waals surface area contributed by atoms with Gasteiger partial charge in [0.15, 0.2) is 0 Å². The highest BCUT2D eigenvalue weighted by molar-refractivity contribution is 5.84. The molecule has 6 heteroatoms. The zero-order valence-electron chi connectivity index (χ0n) is 13.6. The second-order valence-corrected chi connectivity index (χ2v) is 5.59. The molecule has 0 saturated heterocycles. The first-order chi connectivity index (χ1) is 10.8. The smallest absolute Gasteiger partial charge is 0.228 e. The zero-order chi connectivity index (χ0) is 17.1. The number of halogens is 2. The van der Waals surface area contributed by atoms with Crippen LogP contribution in [0.3, 0.4) is 0 Å². The number of aromatic nitrogens is 1. The molecule has 0 radical (unpaired) electrons. The molecule has 1 aromatic heterocycles. The van der Waals surface area contributed by atoms with Crippen LogP contribution in [0.15, 0.2) is 22.7 Å². The SMILES string of the molecule is CC[C@H](C(=O)N[C@@H](C)c1ccc(F)cc1F)c1c(C)noc1C. The van der Waals surface area contributed by atoms with Crippen LogP contribution in [0.2, 0.25) is 0 Å². The zero-order valence-corrected chi connectivity index (χ0v) is 13.6. The number of hydrogen-bond donors (Lipinski definition) is 1. The third kappa shape index (κ3) is 3.57. The molecular formula is C17H20F2N2O2. The number of amides is 1. The van der Waals surface area contributed by atoms with Crippen LogP contribution < -0.4 is 5.32 Å². The molecule has 124 valence electrons. The van der Waals surface area contributed by atoms with Crippen LogP contribution in [-0.4, -0.2) is 11.1 Å². The lowest BCUT2D eigenvalue weighted by molar-refractivity contribution is -0.123. The van der Waals surface area contributed by atoms with Crippen molar-refractivity contribution < 1.29 is 18.1 Å². The Labute approximate surface area is 133 Å². The Morgan fingerprint density at radius 1 is 1.35 bits per heavy atom. The summed E-state index contributed by atoms with van der Waals surface area (Å²) < 4.78 is 31.9. The summed E-state index contributed by atoms with van der Waals surface area (Å²) in [4.78, 5) is 12.6. The van der Waals surface area contributed by atoms with Gasteiger partial charge in [-0.15, -0.1) is 0 Å². The Bertz CT molecular complexity index is 693. The molecule has 23 heavy (non-hydrogen) atoms. The molecule has 2 atom stereocenters. The standard InChI is InChI=1S/C17H20F2N2O2/c1-5-13(16-10(3)21-23-11(16)4)17(22)20-9(2)14-7-6-12(18)8-15(14)19/h6-9,13H,5H2,1-4H3,(H,20,22)/t9-,13-/m0/s1. The summed E-state index contributed by atoms with van der Waals surface area (Å²) in [6.45, 7) is 7.09. The lowest BCUT2D eigenvalue weighted by Crippen LogP contribution is -2.32. The van der Waals surface area contributed by atoms with E-state index in [1.807, 2.05) is 6.92 Å². The topological polar surface area (TPSA) is 55.1 Å². The van der Waals surface area contributed by atoms with Crippen molar-refractivity contribution in [2.45, 2.75) is 46.1 Å². The van der Waals surface area contributed by atoms with Gasteiger partial charge in [-0.05, 0) is 33.3 Å². The summed E-state index contributed by atoms with van der Waals surface area (Å²) in [5, 5.41) is 6.65. The minimum Gasteiger partial charge on any atom is -0.361 e. The first-order valence-corrected chi connectivity index (χ1v) is 7.53. The molecule has 4 nitrogen and oxygen atoms in total. The van der Waals surface area contributed by atoms with Gasteiger partial charge in [0.1, 0.15) is 17.4 Å². The molecule has 1 aromatic carbocycles. The maximum atomic E-state index is 13.8. The van der Waals surface area contributed by atoms with Crippen LogP contribution >= 0.6 is 0 Å². The molecule has 0 aliphatic heterocycles.